The molecule has 0 saturated carbocycles. The second-order valence-electron chi connectivity index (χ2n) is 4.80. The van der Waals surface area contributed by atoms with Crippen LogP contribution in [0.25, 0.3) is 0 Å². The maximum atomic E-state index is 12.3. The molecule has 0 atom stereocenters. The fourth-order valence-corrected chi connectivity index (χ4v) is 4.24. The number of nitrogen functional groups attached to an aromatic ring is 1. The van der Waals surface area contributed by atoms with Gasteiger partial charge in [-0.05, 0) is 36.4 Å². The molecule has 21 heavy (non-hydrogen) atoms. The van der Waals surface area contributed by atoms with E-state index in [9.17, 15) is 9.59 Å². The number of nitrogens with one attached hydrogen (secondary N) is 1. The van der Waals surface area contributed by atoms with Gasteiger partial charge in [0.15, 0.2) is 0 Å². The van der Waals surface area contributed by atoms with E-state index in [4.69, 9.17) is 5.84 Å². The van der Waals surface area contributed by atoms with Crippen LogP contribution >= 0.6 is 22.7 Å². The van der Waals surface area contributed by atoms with Crippen molar-refractivity contribution in [2.24, 2.45) is 5.84 Å². The summed E-state index contributed by atoms with van der Waals surface area (Å²) in [4.78, 5) is 28.4. The smallest absolute Gasteiger partial charge is 0.275 e. The Bertz CT molecular complexity index is 677. The molecule has 7 heteroatoms. The van der Waals surface area contributed by atoms with E-state index in [2.05, 4.69) is 5.43 Å². The first-order chi connectivity index (χ1) is 10.2. The van der Waals surface area contributed by atoms with Gasteiger partial charge in [0.05, 0.1) is 17.1 Å². The summed E-state index contributed by atoms with van der Waals surface area (Å²) in [5.74, 6) is 4.98. The lowest BCUT2D eigenvalue weighted by Crippen LogP contribution is -2.29. The molecule has 0 aromatic carbocycles. The molecule has 5 nitrogen and oxygen atoms in total. The minimum atomic E-state index is -0.301. The third kappa shape index (κ3) is 2.85. The summed E-state index contributed by atoms with van der Waals surface area (Å²) in [5.41, 5.74) is 3.14. The average Bonchev–Trinajstić information content (AvgIpc) is 3.10. The van der Waals surface area contributed by atoms with Crippen LogP contribution in [0.3, 0.4) is 0 Å². The molecule has 0 aliphatic carbocycles. The Labute approximate surface area is 130 Å². The number of nitrogens with zero attached hydrogens (tertiary/aromatic N) is 1. The van der Waals surface area contributed by atoms with Crippen molar-refractivity contribution in [2.75, 3.05) is 4.90 Å². The molecule has 2 aromatic rings. The molecule has 0 spiro atoms. The van der Waals surface area contributed by atoms with Crippen molar-refractivity contribution in [3.8, 4) is 0 Å². The molecule has 1 aliphatic heterocycles. The fraction of sp³-hybridized carbons (Fsp3) is 0.286. The normalized spacial score (nSPS) is 14.7. The van der Waals surface area contributed by atoms with Gasteiger partial charge < -0.3 is 4.90 Å². The number of nitrogens with two attached hydrogens (primary N) is 1. The predicted octanol–water partition coefficient (Wildman–Crippen LogP) is 2.28. The fourth-order valence-electron chi connectivity index (χ4n) is 2.42. The van der Waals surface area contributed by atoms with Crippen molar-refractivity contribution in [3.63, 3.8) is 0 Å². The summed E-state index contributed by atoms with van der Waals surface area (Å²) >= 11 is 3.06. The number of thiophene rings is 2. The predicted molar refractivity (Wildman–Crippen MR) is 84.4 cm³/mol. The van der Waals surface area contributed by atoms with Gasteiger partial charge in [0.25, 0.3) is 5.91 Å². The van der Waals surface area contributed by atoms with Crippen LogP contribution in [0, 0.1) is 0 Å². The third-order valence-electron chi connectivity index (χ3n) is 3.44. The lowest BCUT2D eigenvalue weighted by Gasteiger charge is -2.20. The van der Waals surface area contributed by atoms with Crippen LogP contribution in [-0.2, 0) is 17.8 Å². The number of aryl methyl sites for hydroxylation is 1. The highest BCUT2D eigenvalue weighted by atomic mass is 32.1. The number of rotatable bonds is 3. The Kier molecular flexibility index (Phi) is 4.05. The second kappa shape index (κ2) is 5.97. The van der Waals surface area contributed by atoms with Crippen LogP contribution in [0.2, 0.25) is 0 Å². The van der Waals surface area contributed by atoms with Crippen LogP contribution in [-0.4, -0.2) is 11.8 Å². The van der Waals surface area contributed by atoms with E-state index in [-0.39, 0.29) is 11.8 Å². The van der Waals surface area contributed by atoms with E-state index in [1.165, 1.54) is 16.2 Å². The summed E-state index contributed by atoms with van der Waals surface area (Å²) < 4.78 is 0. The highest BCUT2D eigenvalue weighted by Gasteiger charge is 2.23. The molecule has 110 valence electrons. The number of hydrogen-bond acceptors (Lipinski definition) is 5. The molecule has 3 rings (SSSR count). The Hall–Kier alpha value is -1.70. The van der Waals surface area contributed by atoms with E-state index >= 15 is 0 Å². The Morgan fingerprint density at radius 3 is 3.00 bits per heavy atom. The van der Waals surface area contributed by atoms with Crippen molar-refractivity contribution >= 4 is 40.2 Å². The van der Waals surface area contributed by atoms with Gasteiger partial charge in [-0.1, -0.05) is 0 Å². The molecular weight excluding hydrogens is 306 g/mol. The highest BCUT2D eigenvalue weighted by Crippen LogP contribution is 2.33. The standard InChI is InChI=1S/C14H15N3O2S2/c15-16-14(19)12-5-4-9(21-12)8-17-10-6-7-20-11(10)2-1-3-13(17)18/h4-7H,1-3,8,15H2,(H,16,19). The second-order valence-corrected chi connectivity index (χ2v) is 6.97. The van der Waals surface area contributed by atoms with Crippen molar-refractivity contribution in [2.45, 2.75) is 25.8 Å². The van der Waals surface area contributed by atoms with Crippen LogP contribution in [0.1, 0.15) is 32.3 Å². The summed E-state index contributed by atoms with van der Waals surface area (Å²) in [7, 11) is 0. The van der Waals surface area contributed by atoms with Crippen molar-refractivity contribution < 1.29 is 9.59 Å². The number of hydrazine groups is 1. The van der Waals surface area contributed by atoms with E-state index < -0.39 is 0 Å². The topological polar surface area (TPSA) is 75.4 Å². The highest BCUT2D eigenvalue weighted by molar-refractivity contribution is 7.14. The van der Waals surface area contributed by atoms with Gasteiger partial charge >= 0.3 is 0 Å². The van der Waals surface area contributed by atoms with Gasteiger partial charge in [-0.15, -0.1) is 22.7 Å². The first-order valence-electron chi connectivity index (χ1n) is 6.65. The first kappa shape index (κ1) is 14.2. The van der Waals surface area contributed by atoms with E-state index in [0.29, 0.717) is 17.8 Å². The largest absolute Gasteiger partial charge is 0.306 e. The molecule has 0 bridgehead atoms. The van der Waals surface area contributed by atoms with Gasteiger partial charge in [0.2, 0.25) is 5.91 Å². The average molecular weight is 321 g/mol. The molecule has 1 aliphatic rings. The number of fused-ring (bicyclic) bond motifs is 1. The SMILES string of the molecule is NNC(=O)c1ccc(CN2C(=O)CCCc3sccc32)s1. The third-order valence-corrected chi connectivity index (χ3v) is 5.48. The minimum Gasteiger partial charge on any atom is -0.306 e. The number of carbonyl (C=O) groups is 2. The zero-order valence-corrected chi connectivity index (χ0v) is 12.9. The summed E-state index contributed by atoms with van der Waals surface area (Å²) in [5, 5.41) is 2.03. The number of hydrogen-bond donors (Lipinski definition) is 2. The lowest BCUT2D eigenvalue weighted by molar-refractivity contribution is -0.118. The maximum absolute atomic E-state index is 12.3. The molecule has 2 aromatic heterocycles. The number of anilines is 1. The molecule has 0 fully saturated rings. The zero-order valence-electron chi connectivity index (χ0n) is 11.3. The van der Waals surface area contributed by atoms with E-state index in [0.717, 1.165) is 23.4 Å². The van der Waals surface area contributed by atoms with Crippen molar-refractivity contribution in [3.05, 3.63) is 38.2 Å². The maximum Gasteiger partial charge on any atom is 0.275 e. The number of amides is 2. The number of carbonyl (C=O) groups excluding carboxylic acids is 2. The molecule has 0 saturated heterocycles. The Morgan fingerprint density at radius 2 is 2.19 bits per heavy atom. The molecule has 3 heterocycles. The van der Waals surface area contributed by atoms with Gasteiger partial charge in [-0.2, -0.15) is 0 Å². The lowest BCUT2D eigenvalue weighted by atomic mass is 10.2. The van der Waals surface area contributed by atoms with E-state index in [1.54, 1.807) is 17.4 Å². The molecular formula is C14H15N3O2S2. The van der Waals surface area contributed by atoms with Crippen LogP contribution in [0.15, 0.2) is 23.6 Å². The Morgan fingerprint density at radius 1 is 1.33 bits per heavy atom. The molecule has 0 unspecified atom stereocenters. The molecule has 3 N–H and O–H groups in total. The van der Waals surface area contributed by atoms with Crippen LogP contribution in [0.5, 0.6) is 0 Å². The summed E-state index contributed by atoms with van der Waals surface area (Å²) in [6.45, 7) is 0.505. The first-order valence-corrected chi connectivity index (χ1v) is 8.35. The van der Waals surface area contributed by atoms with Gasteiger partial charge in [-0.3, -0.25) is 15.0 Å². The van der Waals surface area contributed by atoms with E-state index in [1.807, 2.05) is 22.4 Å². The summed E-state index contributed by atoms with van der Waals surface area (Å²) in [6.07, 6.45) is 2.43. The molecule has 2 amide bonds. The molecule has 0 radical (unpaired) electrons. The van der Waals surface area contributed by atoms with Crippen molar-refractivity contribution in [1.29, 1.82) is 0 Å². The Balaban J connectivity index is 1.85. The minimum absolute atomic E-state index is 0.144. The monoisotopic (exact) mass is 321 g/mol. The van der Waals surface area contributed by atoms with Crippen LogP contribution in [0.4, 0.5) is 5.69 Å². The zero-order chi connectivity index (χ0) is 14.8. The van der Waals surface area contributed by atoms with Gasteiger partial charge in [0.1, 0.15) is 0 Å². The van der Waals surface area contributed by atoms with Crippen molar-refractivity contribution in [1.82, 2.24) is 5.43 Å². The van der Waals surface area contributed by atoms with Crippen LogP contribution < -0.4 is 16.2 Å². The van der Waals surface area contributed by atoms with Gasteiger partial charge in [-0.25, -0.2) is 5.84 Å². The summed E-state index contributed by atoms with van der Waals surface area (Å²) in [6, 6.07) is 5.61. The quantitative estimate of drug-likeness (QED) is 0.517. The van der Waals surface area contributed by atoms with Gasteiger partial charge in [0, 0.05) is 16.2 Å².